The molecule has 31 heavy (non-hydrogen) atoms. The number of phenols is 1. The highest BCUT2D eigenvalue weighted by molar-refractivity contribution is 6.00. The van der Waals surface area contributed by atoms with Crippen LogP contribution in [0.2, 0.25) is 0 Å². The van der Waals surface area contributed by atoms with Crippen molar-refractivity contribution in [1.29, 1.82) is 0 Å². The third-order valence-electron chi connectivity index (χ3n) is 6.52. The molecule has 2 unspecified atom stereocenters. The van der Waals surface area contributed by atoms with Crippen molar-refractivity contribution in [3.05, 3.63) is 54.7 Å². The fourth-order valence-corrected chi connectivity index (χ4v) is 5.09. The van der Waals surface area contributed by atoms with Crippen LogP contribution in [0.5, 0.6) is 11.6 Å². The van der Waals surface area contributed by atoms with Crippen LogP contribution in [-0.4, -0.2) is 47.4 Å². The Morgan fingerprint density at radius 3 is 2.68 bits per heavy atom. The molecular formula is C25H24N4O2. The van der Waals surface area contributed by atoms with Gasteiger partial charge in [0.1, 0.15) is 11.3 Å². The number of fused-ring (bicyclic) bond motifs is 4. The molecule has 2 N–H and O–H groups in total. The number of nitrogens with one attached hydrogen (secondary N) is 1. The number of pyridine rings is 2. The van der Waals surface area contributed by atoms with Crippen molar-refractivity contribution >= 4 is 27.5 Å². The highest BCUT2D eigenvalue weighted by Gasteiger charge is 2.33. The van der Waals surface area contributed by atoms with Crippen LogP contribution in [0.25, 0.3) is 32.9 Å². The number of aromatic hydroxyl groups is 1. The number of hydrogen-bond acceptors (Lipinski definition) is 6. The van der Waals surface area contributed by atoms with E-state index >= 15 is 0 Å². The monoisotopic (exact) mass is 412 g/mol. The Kier molecular flexibility index (Phi) is 4.21. The van der Waals surface area contributed by atoms with Gasteiger partial charge in [0.15, 0.2) is 0 Å². The third kappa shape index (κ3) is 3.15. The van der Waals surface area contributed by atoms with Gasteiger partial charge in [-0.3, -0.25) is 4.98 Å². The second-order valence-corrected chi connectivity index (χ2v) is 8.53. The average molecular weight is 412 g/mol. The largest absolute Gasteiger partial charge is 0.508 e. The summed E-state index contributed by atoms with van der Waals surface area (Å²) >= 11 is 0. The van der Waals surface area contributed by atoms with Gasteiger partial charge in [-0.25, -0.2) is 4.98 Å². The van der Waals surface area contributed by atoms with Crippen molar-refractivity contribution in [2.45, 2.75) is 24.9 Å². The van der Waals surface area contributed by atoms with Gasteiger partial charge >= 0.3 is 0 Å². The number of piperazine rings is 1. The lowest BCUT2D eigenvalue weighted by atomic mass is 9.98. The van der Waals surface area contributed by atoms with Crippen LogP contribution in [0.15, 0.2) is 54.7 Å². The quantitative estimate of drug-likeness (QED) is 0.528. The van der Waals surface area contributed by atoms with Crippen molar-refractivity contribution in [3.63, 3.8) is 0 Å². The topological polar surface area (TPSA) is 70.5 Å². The minimum Gasteiger partial charge on any atom is -0.508 e. The van der Waals surface area contributed by atoms with Crippen molar-refractivity contribution in [2.75, 3.05) is 25.1 Å². The molecule has 4 heterocycles. The Morgan fingerprint density at radius 2 is 1.87 bits per heavy atom. The Bertz CT molecular complexity index is 1290. The van der Waals surface area contributed by atoms with Gasteiger partial charge in [-0.1, -0.05) is 24.3 Å². The lowest BCUT2D eigenvalue weighted by molar-refractivity contribution is 0.399. The van der Waals surface area contributed by atoms with E-state index in [4.69, 9.17) is 14.7 Å². The molecule has 2 atom stereocenters. The summed E-state index contributed by atoms with van der Waals surface area (Å²) in [4.78, 5) is 12.0. The number of benzene rings is 2. The van der Waals surface area contributed by atoms with Gasteiger partial charge in [0, 0.05) is 43.0 Å². The maximum absolute atomic E-state index is 10.3. The molecule has 2 saturated heterocycles. The first-order chi connectivity index (χ1) is 15.2. The molecule has 6 nitrogen and oxygen atoms in total. The molecule has 6 heteroatoms. The molecule has 2 aromatic carbocycles. The van der Waals surface area contributed by atoms with Gasteiger partial charge in [0.25, 0.3) is 0 Å². The summed E-state index contributed by atoms with van der Waals surface area (Å²) < 4.78 is 5.54. The highest BCUT2D eigenvalue weighted by atomic mass is 16.5. The number of hydrogen-bond donors (Lipinski definition) is 2. The SMILES string of the molecule is COc1cc(N2CC3CCC(C2)N3)c2ncc(-c3cc(O)cc4ccccc34)cc2n1. The number of nitrogens with zero attached hydrogens (tertiary/aromatic N) is 3. The average Bonchev–Trinajstić information content (AvgIpc) is 3.14. The van der Waals surface area contributed by atoms with Gasteiger partial charge in [-0.15, -0.1) is 0 Å². The van der Waals surface area contributed by atoms with Gasteiger partial charge in [0.2, 0.25) is 5.88 Å². The molecule has 2 aliphatic rings. The van der Waals surface area contributed by atoms with Gasteiger partial charge in [-0.05, 0) is 47.4 Å². The smallest absolute Gasteiger partial charge is 0.215 e. The lowest BCUT2D eigenvalue weighted by Crippen LogP contribution is -2.51. The Balaban J connectivity index is 1.51. The van der Waals surface area contributed by atoms with Gasteiger partial charge < -0.3 is 20.1 Å². The van der Waals surface area contributed by atoms with Crippen molar-refractivity contribution in [2.24, 2.45) is 0 Å². The van der Waals surface area contributed by atoms with E-state index in [0.717, 1.165) is 51.7 Å². The summed E-state index contributed by atoms with van der Waals surface area (Å²) in [5, 5.41) is 16.0. The minimum atomic E-state index is 0.240. The molecule has 2 aromatic heterocycles. The van der Waals surface area contributed by atoms with Crippen LogP contribution < -0.4 is 15.0 Å². The van der Waals surface area contributed by atoms with E-state index in [2.05, 4.69) is 16.3 Å². The number of phenolic OH excluding ortho intramolecular Hbond substituents is 1. The molecule has 4 aromatic rings. The molecule has 6 rings (SSSR count). The lowest BCUT2D eigenvalue weighted by Gasteiger charge is -2.35. The molecule has 0 spiro atoms. The standard InChI is InChI=1S/C25H24N4O2/c1-31-24-11-23(29-13-17-6-7-18(14-29)27-17)25-22(28-24)9-16(12-26-25)21-10-19(30)8-15-4-2-3-5-20(15)21/h2-5,8-12,17-18,27,30H,6-7,13-14H2,1H3. The van der Waals surface area contributed by atoms with Crippen LogP contribution in [0.1, 0.15) is 12.8 Å². The zero-order valence-corrected chi connectivity index (χ0v) is 17.4. The van der Waals surface area contributed by atoms with Crippen molar-refractivity contribution in [3.8, 4) is 22.8 Å². The van der Waals surface area contributed by atoms with E-state index in [1.165, 1.54) is 12.8 Å². The van der Waals surface area contributed by atoms with Gasteiger partial charge in [-0.2, -0.15) is 0 Å². The van der Waals surface area contributed by atoms with E-state index in [0.29, 0.717) is 18.0 Å². The molecule has 2 bridgehead atoms. The minimum absolute atomic E-state index is 0.240. The summed E-state index contributed by atoms with van der Waals surface area (Å²) in [6.45, 7) is 1.94. The van der Waals surface area contributed by atoms with E-state index in [9.17, 15) is 5.11 Å². The number of rotatable bonds is 3. The number of ether oxygens (including phenoxy) is 1. The molecule has 0 radical (unpaired) electrons. The number of methoxy groups -OCH3 is 1. The molecule has 0 aliphatic carbocycles. The van der Waals surface area contributed by atoms with Crippen LogP contribution >= 0.6 is 0 Å². The number of anilines is 1. The predicted molar refractivity (Wildman–Crippen MR) is 123 cm³/mol. The fraction of sp³-hybridized carbons (Fsp3) is 0.280. The Labute approximate surface area is 180 Å². The summed E-state index contributed by atoms with van der Waals surface area (Å²) in [7, 11) is 1.65. The van der Waals surface area contributed by atoms with E-state index in [-0.39, 0.29) is 5.75 Å². The normalized spacial score (nSPS) is 20.5. The van der Waals surface area contributed by atoms with Crippen LogP contribution in [-0.2, 0) is 0 Å². The Morgan fingerprint density at radius 1 is 1.06 bits per heavy atom. The summed E-state index contributed by atoms with van der Waals surface area (Å²) in [5.41, 5.74) is 4.62. The molecular weight excluding hydrogens is 388 g/mol. The van der Waals surface area contributed by atoms with E-state index in [1.54, 1.807) is 19.2 Å². The van der Waals surface area contributed by atoms with Crippen molar-refractivity contribution in [1.82, 2.24) is 15.3 Å². The second-order valence-electron chi connectivity index (χ2n) is 8.53. The molecule has 0 saturated carbocycles. The van der Waals surface area contributed by atoms with Gasteiger partial charge in [0.05, 0.1) is 18.3 Å². The zero-order chi connectivity index (χ0) is 20.9. The van der Waals surface area contributed by atoms with Crippen molar-refractivity contribution < 1.29 is 9.84 Å². The van der Waals surface area contributed by atoms with Crippen LogP contribution in [0.3, 0.4) is 0 Å². The van der Waals surface area contributed by atoms with Crippen LogP contribution in [0.4, 0.5) is 5.69 Å². The molecule has 0 amide bonds. The fourth-order valence-electron chi connectivity index (χ4n) is 5.09. The summed E-state index contributed by atoms with van der Waals surface area (Å²) in [6, 6.07) is 16.7. The molecule has 156 valence electrons. The zero-order valence-electron chi connectivity index (χ0n) is 17.4. The maximum Gasteiger partial charge on any atom is 0.215 e. The molecule has 2 fully saturated rings. The maximum atomic E-state index is 10.3. The first-order valence-corrected chi connectivity index (χ1v) is 10.8. The summed E-state index contributed by atoms with van der Waals surface area (Å²) in [6.07, 6.45) is 4.34. The third-order valence-corrected chi connectivity index (χ3v) is 6.52. The van der Waals surface area contributed by atoms with E-state index < -0.39 is 0 Å². The predicted octanol–water partition coefficient (Wildman–Crippen LogP) is 4.10. The van der Waals surface area contributed by atoms with E-state index in [1.807, 2.05) is 36.5 Å². The second kappa shape index (κ2) is 7.10. The first-order valence-electron chi connectivity index (χ1n) is 10.8. The Hall–Kier alpha value is -3.38. The number of aromatic nitrogens is 2. The molecule has 2 aliphatic heterocycles. The first kappa shape index (κ1) is 18.4. The highest BCUT2D eigenvalue weighted by Crippen LogP contribution is 2.36. The van der Waals surface area contributed by atoms with Crippen LogP contribution in [0, 0.1) is 0 Å². The summed E-state index contributed by atoms with van der Waals surface area (Å²) in [5.74, 6) is 0.831.